The minimum absolute atomic E-state index is 0.0120. The first-order chi connectivity index (χ1) is 8.22. The van der Waals surface area contributed by atoms with Crippen LogP contribution in [0.25, 0.3) is 0 Å². The standard InChI is InChI=1S/C13H19NO3/c1-3-8-14(9-10-15)13(16)11-4-6-12(17-2)7-5-11/h4-7,15H,3,8-10H2,1-2H3. The summed E-state index contributed by atoms with van der Waals surface area (Å²) in [5.41, 5.74) is 0.618. The zero-order valence-corrected chi connectivity index (χ0v) is 10.3. The van der Waals surface area contributed by atoms with Crippen molar-refractivity contribution in [3.63, 3.8) is 0 Å². The van der Waals surface area contributed by atoms with Crippen molar-refractivity contribution in [2.24, 2.45) is 0 Å². The second-order valence-electron chi connectivity index (χ2n) is 3.74. The van der Waals surface area contributed by atoms with Gasteiger partial charge >= 0.3 is 0 Å². The zero-order chi connectivity index (χ0) is 12.7. The average Bonchev–Trinajstić information content (AvgIpc) is 2.38. The van der Waals surface area contributed by atoms with Gasteiger partial charge < -0.3 is 14.7 Å². The molecule has 1 aromatic rings. The quantitative estimate of drug-likeness (QED) is 0.816. The van der Waals surface area contributed by atoms with Crippen LogP contribution in [0.5, 0.6) is 5.75 Å². The number of hydrogen-bond donors (Lipinski definition) is 1. The van der Waals surface area contributed by atoms with Crippen LogP contribution in [0.15, 0.2) is 24.3 Å². The molecule has 0 aliphatic heterocycles. The van der Waals surface area contributed by atoms with Crippen molar-refractivity contribution in [2.45, 2.75) is 13.3 Å². The van der Waals surface area contributed by atoms with E-state index in [1.54, 1.807) is 36.3 Å². The third-order valence-electron chi connectivity index (χ3n) is 2.49. The Bertz CT molecular complexity index is 342. The van der Waals surface area contributed by atoms with E-state index < -0.39 is 0 Å². The van der Waals surface area contributed by atoms with Gasteiger partial charge in [-0.2, -0.15) is 0 Å². The normalized spacial score (nSPS) is 10.1. The number of aliphatic hydroxyl groups excluding tert-OH is 1. The smallest absolute Gasteiger partial charge is 0.253 e. The Labute approximate surface area is 102 Å². The van der Waals surface area contributed by atoms with E-state index in [1.165, 1.54) is 0 Å². The van der Waals surface area contributed by atoms with Crippen molar-refractivity contribution in [1.29, 1.82) is 0 Å². The molecule has 94 valence electrons. The number of aliphatic hydroxyl groups is 1. The van der Waals surface area contributed by atoms with Gasteiger partial charge in [-0.1, -0.05) is 6.92 Å². The Morgan fingerprint density at radius 2 is 1.94 bits per heavy atom. The summed E-state index contributed by atoms with van der Waals surface area (Å²) in [4.78, 5) is 13.8. The molecule has 0 atom stereocenters. The number of benzene rings is 1. The van der Waals surface area contributed by atoms with Gasteiger partial charge in [0.2, 0.25) is 0 Å². The van der Waals surface area contributed by atoms with Gasteiger partial charge in [0.15, 0.2) is 0 Å². The maximum atomic E-state index is 12.1. The summed E-state index contributed by atoms with van der Waals surface area (Å²) in [6, 6.07) is 7.00. The van der Waals surface area contributed by atoms with Gasteiger partial charge in [-0.15, -0.1) is 0 Å². The molecule has 17 heavy (non-hydrogen) atoms. The fraction of sp³-hybridized carbons (Fsp3) is 0.462. The van der Waals surface area contributed by atoms with Crippen LogP contribution in [0.2, 0.25) is 0 Å². The summed E-state index contributed by atoms with van der Waals surface area (Å²) < 4.78 is 5.04. The lowest BCUT2D eigenvalue weighted by Gasteiger charge is -2.21. The number of amides is 1. The first kappa shape index (κ1) is 13.5. The minimum Gasteiger partial charge on any atom is -0.497 e. The van der Waals surface area contributed by atoms with Crippen LogP contribution >= 0.6 is 0 Å². The molecular weight excluding hydrogens is 218 g/mol. The van der Waals surface area contributed by atoms with Gasteiger partial charge in [0, 0.05) is 18.7 Å². The molecule has 0 saturated heterocycles. The summed E-state index contributed by atoms with van der Waals surface area (Å²) in [5, 5.41) is 8.93. The van der Waals surface area contributed by atoms with E-state index in [4.69, 9.17) is 9.84 Å². The molecule has 0 bridgehead atoms. The van der Waals surface area contributed by atoms with E-state index in [1.807, 2.05) is 6.92 Å². The van der Waals surface area contributed by atoms with E-state index >= 15 is 0 Å². The van der Waals surface area contributed by atoms with Crippen LogP contribution in [0.4, 0.5) is 0 Å². The lowest BCUT2D eigenvalue weighted by Crippen LogP contribution is -2.34. The van der Waals surface area contributed by atoms with Crippen LogP contribution < -0.4 is 4.74 Å². The molecule has 0 aliphatic carbocycles. The van der Waals surface area contributed by atoms with E-state index in [-0.39, 0.29) is 12.5 Å². The molecule has 0 aromatic heterocycles. The topological polar surface area (TPSA) is 49.8 Å². The third kappa shape index (κ3) is 3.75. The molecule has 0 spiro atoms. The third-order valence-corrected chi connectivity index (χ3v) is 2.49. The number of methoxy groups -OCH3 is 1. The summed E-state index contributed by atoms with van der Waals surface area (Å²) in [6.45, 7) is 3.03. The lowest BCUT2D eigenvalue weighted by atomic mass is 10.2. The van der Waals surface area contributed by atoms with Crippen molar-refractivity contribution in [1.82, 2.24) is 4.90 Å². The Kier molecular flexibility index (Phi) is 5.49. The Morgan fingerprint density at radius 3 is 2.41 bits per heavy atom. The number of carbonyl (C=O) groups is 1. The van der Waals surface area contributed by atoms with E-state index in [2.05, 4.69) is 0 Å². The van der Waals surface area contributed by atoms with E-state index in [0.29, 0.717) is 18.7 Å². The fourth-order valence-corrected chi connectivity index (χ4v) is 1.62. The van der Waals surface area contributed by atoms with Gasteiger partial charge in [-0.25, -0.2) is 0 Å². The van der Waals surface area contributed by atoms with Gasteiger partial charge in [0.1, 0.15) is 5.75 Å². The number of rotatable bonds is 6. The second-order valence-corrected chi connectivity index (χ2v) is 3.74. The van der Waals surface area contributed by atoms with E-state index in [9.17, 15) is 4.79 Å². The lowest BCUT2D eigenvalue weighted by molar-refractivity contribution is 0.0722. The van der Waals surface area contributed by atoms with Crippen molar-refractivity contribution >= 4 is 5.91 Å². The highest BCUT2D eigenvalue weighted by atomic mass is 16.5. The van der Waals surface area contributed by atoms with Crippen molar-refractivity contribution < 1.29 is 14.6 Å². The number of carbonyl (C=O) groups excluding carboxylic acids is 1. The molecular formula is C13H19NO3. The summed E-state index contributed by atoms with van der Waals surface area (Å²) >= 11 is 0. The predicted octanol–water partition coefficient (Wildman–Crippen LogP) is 1.54. The Balaban J connectivity index is 2.77. The van der Waals surface area contributed by atoms with Crippen molar-refractivity contribution in [3.05, 3.63) is 29.8 Å². The van der Waals surface area contributed by atoms with Crippen LogP contribution in [-0.4, -0.2) is 42.7 Å². The number of hydrogen-bond acceptors (Lipinski definition) is 3. The molecule has 0 heterocycles. The molecule has 0 radical (unpaired) electrons. The SMILES string of the molecule is CCCN(CCO)C(=O)c1ccc(OC)cc1. The highest BCUT2D eigenvalue weighted by Crippen LogP contribution is 2.13. The molecule has 1 aromatic carbocycles. The van der Waals surface area contributed by atoms with Crippen LogP contribution in [0, 0.1) is 0 Å². The minimum atomic E-state index is -0.0523. The van der Waals surface area contributed by atoms with Gasteiger partial charge in [-0.3, -0.25) is 4.79 Å². The highest BCUT2D eigenvalue weighted by molar-refractivity contribution is 5.94. The Morgan fingerprint density at radius 1 is 1.29 bits per heavy atom. The van der Waals surface area contributed by atoms with Crippen molar-refractivity contribution in [2.75, 3.05) is 26.8 Å². The number of nitrogens with zero attached hydrogens (tertiary/aromatic N) is 1. The van der Waals surface area contributed by atoms with E-state index in [0.717, 1.165) is 12.2 Å². The molecule has 0 saturated carbocycles. The summed E-state index contributed by atoms with van der Waals surface area (Å²) in [7, 11) is 1.59. The molecule has 0 fully saturated rings. The van der Waals surface area contributed by atoms with Gasteiger partial charge in [0.05, 0.1) is 13.7 Å². The molecule has 4 nitrogen and oxygen atoms in total. The zero-order valence-electron chi connectivity index (χ0n) is 10.3. The monoisotopic (exact) mass is 237 g/mol. The van der Waals surface area contributed by atoms with Gasteiger partial charge in [-0.05, 0) is 30.7 Å². The highest BCUT2D eigenvalue weighted by Gasteiger charge is 2.14. The Hall–Kier alpha value is -1.55. The average molecular weight is 237 g/mol. The molecule has 0 aliphatic rings. The summed E-state index contributed by atoms with van der Waals surface area (Å²) in [6.07, 6.45) is 0.877. The second kappa shape index (κ2) is 6.91. The van der Waals surface area contributed by atoms with Crippen molar-refractivity contribution in [3.8, 4) is 5.75 Å². The molecule has 4 heteroatoms. The molecule has 1 N–H and O–H groups in total. The van der Waals surface area contributed by atoms with Crippen LogP contribution in [-0.2, 0) is 0 Å². The summed E-state index contributed by atoms with van der Waals surface area (Å²) in [5.74, 6) is 0.675. The van der Waals surface area contributed by atoms with Gasteiger partial charge in [0.25, 0.3) is 5.91 Å². The molecule has 1 rings (SSSR count). The first-order valence-corrected chi connectivity index (χ1v) is 5.77. The molecule has 1 amide bonds. The molecule has 0 unspecified atom stereocenters. The van der Waals surface area contributed by atoms with Crippen LogP contribution in [0.3, 0.4) is 0 Å². The predicted molar refractivity (Wildman–Crippen MR) is 66.3 cm³/mol. The fourth-order valence-electron chi connectivity index (χ4n) is 1.62. The van der Waals surface area contributed by atoms with Crippen LogP contribution in [0.1, 0.15) is 23.7 Å². The number of ether oxygens (including phenoxy) is 1. The first-order valence-electron chi connectivity index (χ1n) is 5.77. The maximum Gasteiger partial charge on any atom is 0.253 e. The largest absolute Gasteiger partial charge is 0.497 e. The maximum absolute atomic E-state index is 12.1.